The molecule has 3 aliphatic heterocycles. The maximum Gasteiger partial charge on any atom is 0.326 e. The van der Waals surface area contributed by atoms with Crippen LogP contribution in [0.3, 0.4) is 0 Å². The standard InChI is InChI=1S/C34H45FN6O3S/c1-34(2,3)14-17-40-31(43)28(45-32(40)30-24(35)8-7-11-27(30)38-20-18-37(4)19-21-38)22-29(42)39-15-12-23(13-16-39)41-26-10-6-5-9-25(26)36-33(41)44/h5-11,23,28,32H,12-22H2,1-4H3,(H,36,44). The van der Waals surface area contributed by atoms with E-state index in [0.717, 1.165) is 49.3 Å². The van der Waals surface area contributed by atoms with Crippen molar-refractivity contribution < 1.29 is 14.0 Å². The van der Waals surface area contributed by atoms with Gasteiger partial charge in [-0.15, -0.1) is 11.8 Å². The smallest absolute Gasteiger partial charge is 0.326 e. The summed E-state index contributed by atoms with van der Waals surface area (Å²) in [5, 5.41) is -1.07. The van der Waals surface area contributed by atoms with Crippen LogP contribution < -0.4 is 10.6 Å². The number of hydrogen-bond donors (Lipinski definition) is 1. The topological polar surface area (TPSA) is 84.9 Å². The summed E-state index contributed by atoms with van der Waals surface area (Å²) in [6.45, 7) is 11.4. The van der Waals surface area contributed by atoms with Crippen molar-refractivity contribution in [2.45, 2.75) is 63.1 Å². The molecule has 6 rings (SSSR count). The number of benzene rings is 2. The molecule has 0 saturated carbocycles. The van der Waals surface area contributed by atoms with E-state index in [-0.39, 0.29) is 41.2 Å². The predicted octanol–water partition coefficient (Wildman–Crippen LogP) is 4.85. The summed E-state index contributed by atoms with van der Waals surface area (Å²) in [6.07, 6.45) is 2.20. The van der Waals surface area contributed by atoms with Crippen molar-refractivity contribution in [3.05, 3.63) is 64.3 Å². The molecular formula is C34H45FN6O3S. The molecule has 3 aromatic rings. The van der Waals surface area contributed by atoms with E-state index < -0.39 is 10.6 Å². The number of likely N-dealkylation sites (tertiary alicyclic amines) is 1. The first-order valence-electron chi connectivity index (χ1n) is 16.1. The number of amides is 2. The molecule has 2 unspecified atom stereocenters. The molecule has 2 aromatic carbocycles. The molecule has 1 N–H and O–H groups in total. The number of H-pyrrole nitrogens is 1. The van der Waals surface area contributed by atoms with Gasteiger partial charge in [0.15, 0.2) is 0 Å². The maximum atomic E-state index is 15.8. The molecule has 11 heteroatoms. The number of imidazole rings is 1. The van der Waals surface area contributed by atoms with Crippen molar-refractivity contribution in [1.82, 2.24) is 24.3 Å². The number of anilines is 1. The minimum atomic E-state index is -0.573. The summed E-state index contributed by atoms with van der Waals surface area (Å²) in [6, 6.07) is 12.9. The van der Waals surface area contributed by atoms with E-state index in [1.165, 1.54) is 17.8 Å². The second-order valence-corrected chi connectivity index (χ2v) is 15.2. The monoisotopic (exact) mass is 636 g/mol. The zero-order chi connectivity index (χ0) is 31.9. The number of hydrogen-bond acceptors (Lipinski definition) is 6. The Hall–Kier alpha value is -3.31. The van der Waals surface area contributed by atoms with Crippen LogP contribution in [0.25, 0.3) is 11.0 Å². The molecule has 3 fully saturated rings. The fraction of sp³-hybridized carbons (Fsp3) is 0.559. The van der Waals surface area contributed by atoms with E-state index >= 15 is 4.39 Å². The van der Waals surface area contributed by atoms with Crippen molar-refractivity contribution in [3.8, 4) is 0 Å². The van der Waals surface area contributed by atoms with Gasteiger partial charge in [-0.2, -0.15) is 0 Å². The third-order valence-electron chi connectivity index (χ3n) is 9.52. The van der Waals surface area contributed by atoms with Crippen LogP contribution in [0.5, 0.6) is 0 Å². The molecule has 4 heterocycles. The van der Waals surface area contributed by atoms with Crippen LogP contribution in [-0.2, 0) is 9.59 Å². The summed E-state index contributed by atoms with van der Waals surface area (Å²) in [5.74, 6) is -0.454. The number of aromatic amines is 1. The molecule has 0 spiro atoms. The van der Waals surface area contributed by atoms with Crippen LogP contribution in [0, 0.1) is 11.2 Å². The highest BCUT2D eigenvalue weighted by atomic mass is 32.2. The van der Waals surface area contributed by atoms with Crippen LogP contribution in [0.1, 0.15) is 63.4 Å². The lowest BCUT2D eigenvalue weighted by Crippen LogP contribution is -2.45. The number of nitrogens with zero attached hydrogens (tertiary/aromatic N) is 5. The van der Waals surface area contributed by atoms with Crippen LogP contribution in [0.4, 0.5) is 10.1 Å². The van der Waals surface area contributed by atoms with Gasteiger partial charge in [-0.25, -0.2) is 9.18 Å². The molecule has 0 radical (unpaired) electrons. The zero-order valence-electron chi connectivity index (χ0n) is 26.8. The van der Waals surface area contributed by atoms with Gasteiger partial charge in [0.25, 0.3) is 0 Å². The van der Waals surface area contributed by atoms with E-state index in [1.807, 2.05) is 44.7 Å². The second kappa shape index (κ2) is 12.8. The van der Waals surface area contributed by atoms with E-state index in [0.29, 0.717) is 38.0 Å². The molecule has 9 nitrogen and oxygen atoms in total. The SMILES string of the molecule is CN1CCN(c2cccc(F)c2C2SC(CC(=O)N3CCC(n4c(=O)[nH]c5ccccc54)CC3)C(=O)N2CCC(C)(C)C)CC1. The minimum absolute atomic E-state index is 0.00395. The summed E-state index contributed by atoms with van der Waals surface area (Å²) in [5.41, 5.74) is 2.96. The summed E-state index contributed by atoms with van der Waals surface area (Å²) < 4.78 is 17.6. The van der Waals surface area contributed by atoms with Gasteiger partial charge in [0.05, 0.1) is 16.3 Å². The summed E-state index contributed by atoms with van der Waals surface area (Å²) in [4.78, 5) is 51.4. The number of fused-ring (bicyclic) bond motifs is 1. The molecule has 242 valence electrons. The van der Waals surface area contributed by atoms with Gasteiger partial charge in [0.1, 0.15) is 11.2 Å². The second-order valence-electron chi connectivity index (χ2n) is 13.9. The van der Waals surface area contributed by atoms with Crippen LogP contribution in [0.15, 0.2) is 47.3 Å². The quantitative estimate of drug-likeness (QED) is 0.399. The number of piperidine rings is 1. The number of aromatic nitrogens is 2. The molecular weight excluding hydrogens is 591 g/mol. The third kappa shape index (κ3) is 6.65. The zero-order valence-corrected chi connectivity index (χ0v) is 27.6. The van der Waals surface area contributed by atoms with Crippen molar-refractivity contribution in [3.63, 3.8) is 0 Å². The first kappa shape index (κ1) is 31.7. The van der Waals surface area contributed by atoms with Gasteiger partial charge >= 0.3 is 5.69 Å². The molecule has 1 aromatic heterocycles. The largest absolute Gasteiger partial charge is 0.369 e. The normalized spacial score (nSPS) is 22.2. The number of carbonyl (C=O) groups is 2. The molecule has 2 amide bonds. The lowest BCUT2D eigenvalue weighted by atomic mass is 9.92. The molecule has 3 saturated heterocycles. The van der Waals surface area contributed by atoms with E-state index in [9.17, 15) is 14.4 Å². The Labute approximate surface area is 268 Å². The van der Waals surface area contributed by atoms with Crippen molar-refractivity contribution in [2.24, 2.45) is 5.41 Å². The van der Waals surface area contributed by atoms with Crippen molar-refractivity contribution >= 4 is 40.3 Å². The Morgan fingerprint density at radius 1 is 0.978 bits per heavy atom. The Morgan fingerprint density at radius 2 is 1.69 bits per heavy atom. The fourth-order valence-electron chi connectivity index (χ4n) is 6.82. The average Bonchev–Trinajstić information content (AvgIpc) is 3.50. The Balaban J connectivity index is 1.18. The maximum absolute atomic E-state index is 15.8. The Bertz CT molecular complexity index is 1600. The van der Waals surface area contributed by atoms with Gasteiger partial charge in [-0.3, -0.25) is 14.2 Å². The van der Waals surface area contributed by atoms with Gasteiger partial charge in [-0.05, 0) is 56.0 Å². The van der Waals surface area contributed by atoms with Crippen LogP contribution in [-0.4, -0.2) is 94.2 Å². The third-order valence-corrected chi connectivity index (χ3v) is 11.0. The van der Waals surface area contributed by atoms with Gasteiger partial charge < -0.3 is 24.6 Å². The van der Waals surface area contributed by atoms with Crippen molar-refractivity contribution in [2.75, 3.05) is 57.8 Å². The summed E-state index contributed by atoms with van der Waals surface area (Å²) in [7, 11) is 2.09. The Morgan fingerprint density at radius 3 is 2.40 bits per heavy atom. The highest BCUT2D eigenvalue weighted by Gasteiger charge is 2.45. The van der Waals surface area contributed by atoms with E-state index in [2.05, 4.69) is 42.6 Å². The van der Waals surface area contributed by atoms with Crippen LogP contribution >= 0.6 is 11.8 Å². The average molecular weight is 637 g/mol. The minimum Gasteiger partial charge on any atom is -0.369 e. The lowest BCUT2D eigenvalue weighted by molar-refractivity contribution is -0.136. The van der Waals surface area contributed by atoms with Gasteiger partial charge in [0, 0.05) is 69.5 Å². The lowest BCUT2D eigenvalue weighted by Gasteiger charge is -2.37. The molecule has 3 aliphatic rings. The highest BCUT2D eigenvalue weighted by Crippen LogP contribution is 2.49. The van der Waals surface area contributed by atoms with Gasteiger partial charge in [-0.1, -0.05) is 39.0 Å². The number of carbonyl (C=O) groups excluding carboxylic acids is 2. The molecule has 0 aliphatic carbocycles. The van der Waals surface area contributed by atoms with Crippen molar-refractivity contribution in [1.29, 1.82) is 0 Å². The molecule has 0 bridgehead atoms. The number of nitrogens with one attached hydrogen (secondary N) is 1. The summed E-state index contributed by atoms with van der Waals surface area (Å²) >= 11 is 1.42. The number of likely N-dealkylation sites (N-methyl/N-ethyl adjacent to an activating group) is 1. The predicted molar refractivity (Wildman–Crippen MR) is 178 cm³/mol. The first-order valence-corrected chi connectivity index (χ1v) is 17.1. The van der Waals surface area contributed by atoms with E-state index in [4.69, 9.17) is 0 Å². The Kier molecular flexibility index (Phi) is 9.03. The fourth-order valence-corrected chi connectivity index (χ4v) is 8.35. The highest BCUT2D eigenvalue weighted by molar-refractivity contribution is 8.01. The number of halogens is 1. The molecule has 45 heavy (non-hydrogen) atoms. The number of piperazine rings is 1. The van der Waals surface area contributed by atoms with Crippen LogP contribution in [0.2, 0.25) is 0 Å². The number of para-hydroxylation sites is 2. The number of thioether (sulfide) groups is 1. The van der Waals surface area contributed by atoms with E-state index in [1.54, 1.807) is 6.07 Å². The molecule has 2 atom stereocenters. The first-order chi connectivity index (χ1) is 21.5. The van der Waals surface area contributed by atoms with Gasteiger partial charge in [0.2, 0.25) is 11.8 Å². The number of rotatable bonds is 7.